The summed E-state index contributed by atoms with van der Waals surface area (Å²) in [6, 6.07) is 6.60. The van der Waals surface area contributed by atoms with Crippen LogP contribution in [0.5, 0.6) is 0 Å². The van der Waals surface area contributed by atoms with Gasteiger partial charge in [-0.15, -0.1) is 0 Å². The Bertz CT molecular complexity index is 718. The number of carbonyl (C=O) groups is 2. The van der Waals surface area contributed by atoms with E-state index in [4.69, 9.17) is 9.47 Å². The van der Waals surface area contributed by atoms with E-state index in [9.17, 15) is 9.59 Å². The van der Waals surface area contributed by atoms with Crippen LogP contribution in [-0.4, -0.2) is 74.2 Å². The molecule has 0 aliphatic carbocycles. The molecule has 0 unspecified atom stereocenters. The van der Waals surface area contributed by atoms with Gasteiger partial charge in [0.05, 0.1) is 11.1 Å². The van der Waals surface area contributed by atoms with Crippen LogP contribution in [0, 0.1) is 0 Å². The van der Waals surface area contributed by atoms with Crippen molar-refractivity contribution in [2.45, 2.75) is 130 Å². The standard InChI is InChI=1S/C36H64N2O4/c1-5-9-11-13-15-17-19-21-27-37(7-3)29-31-41-35(39)33-23-25-34(26-24-33)36(40)42-32-30-38(8-4)28-22-20-18-16-14-12-10-6-2/h23-26H,5-22,27-32H2,1-4H3. The van der Waals surface area contributed by atoms with E-state index in [2.05, 4.69) is 37.5 Å². The first-order valence-electron chi connectivity index (χ1n) is 17.4. The zero-order valence-corrected chi connectivity index (χ0v) is 27.8. The zero-order chi connectivity index (χ0) is 30.7. The van der Waals surface area contributed by atoms with Crippen LogP contribution in [0.3, 0.4) is 0 Å². The number of ether oxygens (including phenoxy) is 2. The van der Waals surface area contributed by atoms with Crippen LogP contribution in [0.25, 0.3) is 0 Å². The molecule has 0 radical (unpaired) electrons. The molecule has 242 valence electrons. The van der Waals surface area contributed by atoms with E-state index >= 15 is 0 Å². The van der Waals surface area contributed by atoms with Crippen LogP contribution in [-0.2, 0) is 9.47 Å². The van der Waals surface area contributed by atoms with Crippen LogP contribution in [0.15, 0.2) is 24.3 Å². The quantitative estimate of drug-likeness (QED) is 0.0719. The molecule has 0 aliphatic rings. The van der Waals surface area contributed by atoms with E-state index in [0.717, 1.165) is 39.3 Å². The van der Waals surface area contributed by atoms with Gasteiger partial charge in [0.25, 0.3) is 0 Å². The van der Waals surface area contributed by atoms with Crippen molar-refractivity contribution >= 4 is 11.9 Å². The van der Waals surface area contributed by atoms with Gasteiger partial charge in [-0.2, -0.15) is 0 Å². The van der Waals surface area contributed by atoms with Gasteiger partial charge in [0.1, 0.15) is 13.2 Å². The first-order valence-corrected chi connectivity index (χ1v) is 17.4. The fourth-order valence-corrected chi connectivity index (χ4v) is 5.24. The topological polar surface area (TPSA) is 59.1 Å². The first kappa shape index (κ1) is 38.1. The molecule has 0 bridgehead atoms. The summed E-state index contributed by atoms with van der Waals surface area (Å²) in [6.45, 7) is 15.1. The Labute approximate surface area is 258 Å². The Morgan fingerprint density at radius 1 is 0.476 bits per heavy atom. The minimum atomic E-state index is -0.349. The highest BCUT2D eigenvalue weighted by molar-refractivity contribution is 5.93. The van der Waals surface area contributed by atoms with Crippen molar-refractivity contribution in [1.29, 1.82) is 0 Å². The number of esters is 2. The van der Waals surface area contributed by atoms with E-state index in [1.54, 1.807) is 24.3 Å². The van der Waals surface area contributed by atoms with Gasteiger partial charge in [-0.05, 0) is 63.3 Å². The third kappa shape index (κ3) is 19.3. The molecule has 0 aliphatic heterocycles. The predicted octanol–water partition coefficient (Wildman–Crippen LogP) is 8.93. The summed E-state index contributed by atoms with van der Waals surface area (Å²) in [7, 11) is 0. The Morgan fingerprint density at radius 2 is 0.786 bits per heavy atom. The third-order valence-corrected chi connectivity index (χ3v) is 8.19. The Morgan fingerprint density at radius 3 is 1.10 bits per heavy atom. The molecule has 0 aromatic heterocycles. The Kier molecular flexibility index (Phi) is 24.2. The van der Waals surface area contributed by atoms with Crippen molar-refractivity contribution in [3.8, 4) is 0 Å². The van der Waals surface area contributed by atoms with Crippen molar-refractivity contribution < 1.29 is 19.1 Å². The van der Waals surface area contributed by atoms with Crippen LogP contribution in [0.4, 0.5) is 0 Å². The van der Waals surface area contributed by atoms with Gasteiger partial charge in [-0.25, -0.2) is 9.59 Å². The SMILES string of the molecule is CCCCCCCCCCN(CC)CCOC(=O)c1ccc(C(=O)OCCN(CC)CCCCCCCCCC)cc1. The first-order chi connectivity index (χ1) is 20.5. The van der Waals surface area contributed by atoms with E-state index < -0.39 is 0 Å². The molecule has 6 nitrogen and oxygen atoms in total. The molecular formula is C36H64N2O4. The predicted molar refractivity (Wildman–Crippen MR) is 176 cm³/mol. The number of nitrogens with zero attached hydrogens (tertiary/aromatic N) is 2. The molecule has 0 spiro atoms. The van der Waals surface area contributed by atoms with Gasteiger partial charge >= 0.3 is 11.9 Å². The number of rotatable bonds is 28. The van der Waals surface area contributed by atoms with Crippen LogP contribution >= 0.6 is 0 Å². The molecular weight excluding hydrogens is 524 g/mol. The van der Waals surface area contributed by atoms with E-state index in [1.165, 1.54) is 103 Å². The molecule has 0 N–H and O–H groups in total. The maximum absolute atomic E-state index is 12.5. The van der Waals surface area contributed by atoms with E-state index in [-0.39, 0.29) is 11.9 Å². The third-order valence-electron chi connectivity index (χ3n) is 8.19. The van der Waals surface area contributed by atoms with Gasteiger partial charge in [0.15, 0.2) is 0 Å². The maximum atomic E-state index is 12.5. The molecule has 1 aromatic rings. The van der Waals surface area contributed by atoms with E-state index in [0.29, 0.717) is 24.3 Å². The molecule has 0 amide bonds. The highest BCUT2D eigenvalue weighted by atomic mass is 16.5. The smallest absolute Gasteiger partial charge is 0.338 e. The van der Waals surface area contributed by atoms with Crippen molar-refractivity contribution in [2.24, 2.45) is 0 Å². The molecule has 1 rings (SSSR count). The Balaban J connectivity index is 2.22. The second kappa shape index (κ2) is 26.7. The number of hydrogen-bond acceptors (Lipinski definition) is 6. The Hall–Kier alpha value is -1.92. The normalized spacial score (nSPS) is 11.4. The molecule has 0 saturated heterocycles. The van der Waals surface area contributed by atoms with Gasteiger partial charge in [-0.3, -0.25) is 0 Å². The average molecular weight is 589 g/mol. The van der Waals surface area contributed by atoms with Crippen LogP contribution in [0.2, 0.25) is 0 Å². The van der Waals surface area contributed by atoms with E-state index in [1.807, 2.05) is 0 Å². The lowest BCUT2D eigenvalue weighted by molar-refractivity contribution is 0.0449. The summed E-state index contributed by atoms with van der Waals surface area (Å²) < 4.78 is 11.0. The number of hydrogen-bond donors (Lipinski definition) is 0. The van der Waals surface area contributed by atoms with Gasteiger partial charge in [-0.1, -0.05) is 118 Å². The summed E-state index contributed by atoms with van der Waals surface area (Å²) >= 11 is 0. The minimum absolute atomic E-state index is 0.349. The molecule has 0 saturated carbocycles. The maximum Gasteiger partial charge on any atom is 0.338 e. The number of unbranched alkanes of at least 4 members (excludes halogenated alkanes) is 14. The fraction of sp³-hybridized carbons (Fsp3) is 0.778. The van der Waals surface area contributed by atoms with Crippen LogP contribution < -0.4 is 0 Å². The summed E-state index contributed by atoms with van der Waals surface area (Å²) in [6.07, 6.45) is 21.0. The highest BCUT2D eigenvalue weighted by Gasteiger charge is 2.12. The monoisotopic (exact) mass is 588 g/mol. The lowest BCUT2D eigenvalue weighted by Crippen LogP contribution is -2.29. The second-order valence-electron chi connectivity index (χ2n) is 11.7. The summed E-state index contributed by atoms with van der Waals surface area (Å²) in [5, 5.41) is 0. The minimum Gasteiger partial charge on any atom is -0.461 e. The molecule has 0 fully saturated rings. The number of likely N-dealkylation sites (N-methyl/N-ethyl adjacent to an activating group) is 2. The molecule has 0 heterocycles. The lowest BCUT2D eigenvalue weighted by atomic mass is 10.1. The summed E-state index contributed by atoms with van der Waals surface area (Å²) in [5.41, 5.74) is 0.917. The van der Waals surface area contributed by atoms with Gasteiger partial charge in [0, 0.05) is 13.1 Å². The fourth-order valence-electron chi connectivity index (χ4n) is 5.24. The van der Waals surface area contributed by atoms with Gasteiger partial charge < -0.3 is 19.3 Å². The van der Waals surface area contributed by atoms with Crippen molar-refractivity contribution in [2.75, 3.05) is 52.5 Å². The molecule has 6 heteroatoms. The van der Waals surface area contributed by atoms with Crippen molar-refractivity contribution in [1.82, 2.24) is 9.80 Å². The summed E-state index contributed by atoms with van der Waals surface area (Å²) in [4.78, 5) is 29.7. The number of carbonyl (C=O) groups excluding carboxylic acids is 2. The molecule has 0 atom stereocenters. The number of benzene rings is 1. The molecule has 42 heavy (non-hydrogen) atoms. The second-order valence-corrected chi connectivity index (χ2v) is 11.7. The zero-order valence-electron chi connectivity index (χ0n) is 27.8. The summed E-state index contributed by atoms with van der Waals surface area (Å²) in [5.74, 6) is -0.699. The van der Waals surface area contributed by atoms with Crippen molar-refractivity contribution in [3.05, 3.63) is 35.4 Å². The largest absolute Gasteiger partial charge is 0.461 e. The average Bonchev–Trinajstić information content (AvgIpc) is 3.01. The van der Waals surface area contributed by atoms with Crippen LogP contribution in [0.1, 0.15) is 151 Å². The molecule has 1 aromatic carbocycles. The highest BCUT2D eigenvalue weighted by Crippen LogP contribution is 2.11. The lowest BCUT2D eigenvalue weighted by Gasteiger charge is -2.20. The van der Waals surface area contributed by atoms with Gasteiger partial charge in [0.2, 0.25) is 0 Å². The van der Waals surface area contributed by atoms with Crippen molar-refractivity contribution in [3.63, 3.8) is 0 Å².